The minimum atomic E-state index is -0.468. The van der Waals surface area contributed by atoms with Crippen molar-refractivity contribution in [3.63, 3.8) is 0 Å². The normalized spacial score (nSPS) is 25.0. The van der Waals surface area contributed by atoms with E-state index in [1.165, 1.54) is 11.1 Å². The first-order valence-electron chi connectivity index (χ1n) is 9.42. The van der Waals surface area contributed by atoms with E-state index < -0.39 is 5.41 Å². The maximum absolute atomic E-state index is 13.4. The van der Waals surface area contributed by atoms with Crippen LogP contribution in [0, 0.1) is 5.92 Å². The van der Waals surface area contributed by atoms with Crippen LogP contribution < -0.4 is 11.1 Å². The number of rotatable bonds is 4. The molecule has 5 nitrogen and oxygen atoms in total. The van der Waals surface area contributed by atoms with E-state index in [0.29, 0.717) is 19.6 Å². The Kier molecular flexibility index (Phi) is 7.07. The summed E-state index contributed by atoms with van der Waals surface area (Å²) in [5.74, 6) is 0.0832. The molecule has 1 saturated heterocycles. The molecule has 2 atom stereocenters. The summed E-state index contributed by atoms with van der Waals surface area (Å²) in [6, 6.07) is 8.31. The number of nitrogens with one attached hydrogen (secondary N) is 1. The number of carbonyl (C=O) groups excluding carboxylic acids is 2. The molecule has 0 radical (unpaired) electrons. The predicted molar refractivity (Wildman–Crippen MR) is 105 cm³/mol. The Hall–Kier alpha value is -1.59. The number of amides is 2. The van der Waals surface area contributed by atoms with Crippen molar-refractivity contribution in [3.05, 3.63) is 35.4 Å². The van der Waals surface area contributed by atoms with E-state index >= 15 is 0 Å². The van der Waals surface area contributed by atoms with Crippen LogP contribution in [0.25, 0.3) is 0 Å². The molecule has 26 heavy (non-hydrogen) atoms. The summed E-state index contributed by atoms with van der Waals surface area (Å²) in [5.41, 5.74) is 7.45. The van der Waals surface area contributed by atoms with Crippen molar-refractivity contribution in [2.75, 3.05) is 26.2 Å². The molecule has 1 aliphatic heterocycles. The maximum Gasteiger partial charge on any atom is 0.232 e. The number of aryl methyl sites for hydroxylation is 1. The van der Waals surface area contributed by atoms with E-state index in [1.54, 1.807) is 0 Å². The number of piperidine rings is 1. The first-order valence-corrected chi connectivity index (χ1v) is 9.42. The van der Waals surface area contributed by atoms with E-state index in [0.717, 1.165) is 38.6 Å². The Balaban J connectivity index is 0.00000243. The van der Waals surface area contributed by atoms with E-state index in [4.69, 9.17) is 5.73 Å². The van der Waals surface area contributed by atoms with Gasteiger partial charge in [-0.1, -0.05) is 24.3 Å². The number of hydrogen-bond donors (Lipinski definition) is 2. The zero-order valence-electron chi connectivity index (χ0n) is 15.5. The van der Waals surface area contributed by atoms with Gasteiger partial charge >= 0.3 is 0 Å². The minimum Gasteiger partial charge on any atom is -0.355 e. The topological polar surface area (TPSA) is 75.4 Å². The van der Waals surface area contributed by atoms with Crippen LogP contribution in [0.2, 0.25) is 0 Å². The summed E-state index contributed by atoms with van der Waals surface area (Å²) >= 11 is 0. The lowest BCUT2D eigenvalue weighted by Gasteiger charge is -2.41. The van der Waals surface area contributed by atoms with Gasteiger partial charge in [0.2, 0.25) is 11.8 Å². The van der Waals surface area contributed by atoms with Gasteiger partial charge in [-0.25, -0.2) is 0 Å². The van der Waals surface area contributed by atoms with Gasteiger partial charge in [0.1, 0.15) is 0 Å². The van der Waals surface area contributed by atoms with Gasteiger partial charge < -0.3 is 16.0 Å². The molecule has 1 aliphatic carbocycles. The third-order valence-electron chi connectivity index (χ3n) is 5.73. The van der Waals surface area contributed by atoms with Crippen molar-refractivity contribution < 1.29 is 9.59 Å². The standard InChI is InChI=1S/C20H29N3O2.ClH/c1-20(10-4-7-15-6-2-3-9-17(15)20)19(25)23-13-5-8-16(14-23)18(24)22-12-11-21;/h2-3,6,9,16H,4-5,7-8,10-14,21H2,1H3,(H,22,24);1H. The Labute approximate surface area is 162 Å². The van der Waals surface area contributed by atoms with Gasteiger partial charge in [0.25, 0.3) is 0 Å². The van der Waals surface area contributed by atoms with E-state index in [-0.39, 0.29) is 30.1 Å². The summed E-state index contributed by atoms with van der Waals surface area (Å²) in [5, 5.41) is 2.86. The highest BCUT2D eigenvalue weighted by atomic mass is 35.5. The molecule has 3 rings (SSSR count). The maximum atomic E-state index is 13.4. The fourth-order valence-electron chi connectivity index (χ4n) is 4.33. The molecule has 2 aliphatic rings. The molecule has 6 heteroatoms. The van der Waals surface area contributed by atoms with Crippen molar-refractivity contribution in [2.24, 2.45) is 11.7 Å². The number of fused-ring (bicyclic) bond motifs is 1. The Morgan fingerprint density at radius 1 is 1.31 bits per heavy atom. The lowest BCUT2D eigenvalue weighted by molar-refractivity contribution is -0.141. The highest BCUT2D eigenvalue weighted by Gasteiger charge is 2.42. The molecule has 3 N–H and O–H groups in total. The SMILES string of the molecule is CC1(C(=O)N2CCCC(C(=O)NCCN)C2)CCCc2ccccc21.Cl. The molecular weight excluding hydrogens is 350 g/mol. The molecular formula is C20H30ClN3O2. The number of nitrogens with two attached hydrogens (primary N) is 1. The van der Waals surface area contributed by atoms with Crippen LogP contribution in [0.15, 0.2) is 24.3 Å². The molecule has 144 valence electrons. The minimum absolute atomic E-state index is 0. The second kappa shape index (κ2) is 8.87. The fourth-order valence-corrected chi connectivity index (χ4v) is 4.33. The van der Waals surface area contributed by atoms with Crippen molar-refractivity contribution in [1.82, 2.24) is 10.2 Å². The first-order chi connectivity index (χ1) is 12.1. The Morgan fingerprint density at radius 3 is 2.85 bits per heavy atom. The van der Waals surface area contributed by atoms with Crippen LogP contribution in [0.5, 0.6) is 0 Å². The summed E-state index contributed by atoms with van der Waals surface area (Å²) < 4.78 is 0. The molecule has 0 saturated carbocycles. The van der Waals surface area contributed by atoms with Crippen molar-refractivity contribution in [1.29, 1.82) is 0 Å². The lowest BCUT2D eigenvalue weighted by atomic mass is 9.70. The molecule has 1 heterocycles. The average molecular weight is 380 g/mol. The van der Waals surface area contributed by atoms with Crippen LogP contribution in [0.4, 0.5) is 0 Å². The molecule has 0 spiro atoms. The number of nitrogens with zero attached hydrogens (tertiary/aromatic N) is 1. The zero-order valence-corrected chi connectivity index (χ0v) is 16.3. The number of carbonyl (C=O) groups is 2. The third-order valence-corrected chi connectivity index (χ3v) is 5.73. The highest BCUT2D eigenvalue weighted by Crippen LogP contribution is 2.39. The summed E-state index contributed by atoms with van der Waals surface area (Å²) in [4.78, 5) is 27.6. The first kappa shape index (κ1) is 20.7. The second-order valence-corrected chi connectivity index (χ2v) is 7.51. The van der Waals surface area contributed by atoms with Crippen LogP contribution in [0.1, 0.15) is 43.7 Å². The van der Waals surface area contributed by atoms with Gasteiger partial charge in [0.15, 0.2) is 0 Å². The van der Waals surface area contributed by atoms with E-state index in [1.807, 2.05) is 17.0 Å². The molecule has 2 amide bonds. The molecule has 1 aromatic carbocycles. The smallest absolute Gasteiger partial charge is 0.232 e. The second-order valence-electron chi connectivity index (χ2n) is 7.51. The zero-order chi connectivity index (χ0) is 17.9. The number of likely N-dealkylation sites (tertiary alicyclic amines) is 1. The third kappa shape index (κ3) is 4.04. The monoisotopic (exact) mass is 379 g/mol. The van der Waals surface area contributed by atoms with Gasteiger partial charge in [-0.05, 0) is 50.2 Å². The van der Waals surface area contributed by atoms with Gasteiger partial charge in [0.05, 0.1) is 11.3 Å². The predicted octanol–water partition coefficient (Wildman–Crippen LogP) is 2.02. The van der Waals surface area contributed by atoms with E-state index in [2.05, 4.69) is 24.4 Å². The molecule has 2 unspecified atom stereocenters. The quantitative estimate of drug-likeness (QED) is 0.840. The molecule has 1 fully saturated rings. The van der Waals surface area contributed by atoms with Gasteiger partial charge in [-0.15, -0.1) is 12.4 Å². The van der Waals surface area contributed by atoms with Gasteiger partial charge in [-0.2, -0.15) is 0 Å². The van der Waals surface area contributed by atoms with Gasteiger partial charge in [-0.3, -0.25) is 9.59 Å². The molecule has 1 aromatic rings. The molecule has 0 bridgehead atoms. The average Bonchev–Trinajstić information content (AvgIpc) is 2.66. The van der Waals surface area contributed by atoms with Crippen LogP contribution in [-0.4, -0.2) is 42.9 Å². The van der Waals surface area contributed by atoms with Crippen molar-refractivity contribution in [3.8, 4) is 0 Å². The van der Waals surface area contributed by atoms with E-state index in [9.17, 15) is 9.59 Å². The van der Waals surface area contributed by atoms with Crippen molar-refractivity contribution in [2.45, 2.75) is 44.4 Å². The van der Waals surface area contributed by atoms with Gasteiger partial charge in [0, 0.05) is 26.2 Å². The number of hydrogen-bond acceptors (Lipinski definition) is 3. The van der Waals surface area contributed by atoms with Crippen LogP contribution >= 0.6 is 12.4 Å². The largest absolute Gasteiger partial charge is 0.355 e. The molecule has 0 aromatic heterocycles. The lowest BCUT2D eigenvalue weighted by Crippen LogP contribution is -2.52. The highest BCUT2D eigenvalue weighted by molar-refractivity contribution is 5.89. The summed E-state index contributed by atoms with van der Waals surface area (Å²) in [7, 11) is 0. The Morgan fingerprint density at radius 2 is 2.08 bits per heavy atom. The van der Waals surface area contributed by atoms with Crippen LogP contribution in [-0.2, 0) is 21.4 Å². The van der Waals surface area contributed by atoms with Crippen molar-refractivity contribution >= 4 is 24.2 Å². The number of benzene rings is 1. The Bertz CT molecular complexity index is 652. The summed E-state index contributed by atoms with van der Waals surface area (Å²) in [6.45, 7) is 4.28. The summed E-state index contributed by atoms with van der Waals surface area (Å²) in [6.07, 6.45) is 4.68. The van der Waals surface area contributed by atoms with Crippen LogP contribution in [0.3, 0.4) is 0 Å². The number of halogens is 1. The fraction of sp³-hybridized carbons (Fsp3) is 0.600.